The number of nitrogens with one attached hydrogen (secondary N) is 3. The van der Waals surface area contributed by atoms with Gasteiger partial charge in [-0.3, -0.25) is 14.9 Å². The number of fused-ring (bicyclic) bond motifs is 1. The molecule has 0 spiro atoms. The number of ether oxygens (including phenoxy) is 1. The standard InChI is InChI=1S/C21H27N3O4/c1-4-24(14-20(26)23-21(27)28-5-2)13-19(25)22-15(3)17-12-8-10-16-9-6-7-11-18(16)17/h6-12,15H,4-5,13-14H2,1-3H3,(H,22,25)(H,23,26,27)/p+1/t15-/m0/s1. The fourth-order valence-electron chi connectivity index (χ4n) is 3.09. The molecule has 2 aromatic rings. The van der Waals surface area contributed by atoms with Crippen molar-refractivity contribution in [3.8, 4) is 0 Å². The summed E-state index contributed by atoms with van der Waals surface area (Å²) in [7, 11) is 0. The van der Waals surface area contributed by atoms with E-state index in [9.17, 15) is 14.4 Å². The van der Waals surface area contributed by atoms with E-state index in [-0.39, 0.29) is 31.6 Å². The maximum Gasteiger partial charge on any atom is 0.414 e. The first-order valence-electron chi connectivity index (χ1n) is 9.51. The molecule has 2 rings (SSSR count). The Balaban J connectivity index is 1.94. The van der Waals surface area contributed by atoms with Gasteiger partial charge in [0.1, 0.15) is 0 Å². The molecule has 0 saturated carbocycles. The minimum Gasteiger partial charge on any atom is -0.450 e. The Bertz CT molecular complexity index is 832. The molecule has 150 valence electrons. The van der Waals surface area contributed by atoms with Gasteiger partial charge in [-0.2, -0.15) is 0 Å². The smallest absolute Gasteiger partial charge is 0.414 e. The number of amides is 3. The van der Waals surface area contributed by atoms with Crippen molar-refractivity contribution in [2.75, 3.05) is 26.2 Å². The molecule has 0 fully saturated rings. The van der Waals surface area contributed by atoms with E-state index in [1.54, 1.807) is 6.92 Å². The molecule has 28 heavy (non-hydrogen) atoms. The average molecular weight is 386 g/mol. The molecule has 3 amide bonds. The van der Waals surface area contributed by atoms with E-state index in [4.69, 9.17) is 0 Å². The van der Waals surface area contributed by atoms with Crippen molar-refractivity contribution in [1.29, 1.82) is 0 Å². The molecule has 7 heteroatoms. The first-order valence-corrected chi connectivity index (χ1v) is 9.51. The molecule has 0 aliphatic heterocycles. The van der Waals surface area contributed by atoms with Crippen LogP contribution in [0.2, 0.25) is 0 Å². The number of alkyl carbamates (subject to hydrolysis) is 1. The highest BCUT2D eigenvalue weighted by molar-refractivity contribution is 5.92. The van der Waals surface area contributed by atoms with E-state index in [0.29, 0.717) is 6.54 Å². The zero-order chi connectivity index (χ0) is 20.5. The molecule has 0 radical (unpaired) electrons. The number of quaternary nitrogens is 1. The van der Waals surface area contributed by atoms with Crippen molar-refractivity contribution in [1.82, 2.24) is 10.6 Å². The predicted octanol–water partition coefficient (Wildman–Crippen LogP) is 1.19. The van der Waals surface area contributed by atoms with Crippen LogP contribution in [0.4, 0.5) is 4.79 Å². The molecular weight excluding hydrogens is 358 g/mol. The van der Waals surface area contributed by atoms with Crippen LogP contribution in [0.5, 0.6) is 0 Å². The van der Waals surface area contributed by atoms with Crippen LogP contribution in [0.3, 0.4) is 0 Å². The number of imide groups is 1. The van der Waals surface area contributed by atoms with Gasteiger partial charge in [-0.05, 0) is 37.1 Å². The first-order chi connectivity index (χ1) is 13.4. The van der Waals surface area contributed by atoms with E-state index >= 15 is 0 Å². The molecule has 0 aliphatic carbocycles. The van der Waals surface area contributed by atoms with Gasteiger partial charge in [-0.1, -0.05) is 42.5 Å². The van der Waals surface area contributed by atoms with E-state index < -0.39 is 12.0 Å². The van der Waals surface area contributed by atoms with Gasteiger partial charge in [0.05, 0.1) is 19.2 Å². The average Bonchev–Trinajstić information content (AvgIpc) is 2.66. The maximum atomic E-state index is 12.5. The van der Waals surface area contributed by atoms with Crippen molar-refractivity contribution < 1.29 is 24.0 Å². The van der Waals surface area contributed by atoms with Crippen molar-refractivity contribution in [2.45, 2.75) is 26.8 Å². The van der Waals surface area contributed by atoms with Crippen molar-refractivity contribution in [3.63, 3.8) is 0 Å². The van der Waals surface area contributed by atoms with Crippen LogP contribution < -0.4 is 15.5 Å². The van der Waals surface area contributed by atoms with Gasteiger partial charge >= 0.3 is 6.09 Å². The van der Waals surface area contributed by atoms with E-state index in [0.717, 1.165) is 21.2 Å². The van der Waals surface area contributed by atoms with Crippen LogP contribution >= 0.6 is 0 Å². The molecule has 7 nitrogen and oxygen atoms in total. The van der Waals surface area contributed by atoms with Crippen LogP contribution in [0.15, 0.2) is 42.5 Å². The second kappa shape index (κ2) is 10.4. The van der Waals surface area contributed by atoms with E-state index in [1.165, 1.54) is 0 Å². The number of carbonyl (C=O) groups is 3. The highest BCUT2D eigenvalue weighted by Crippen LogP contribution is 2.23. The second-order valence-electron chi connectivity index (χ2n) is 6.58. The van der Waals surface area contributed by atoms with Gasteiger partial charge in [0.25, 0.3) is 11.8 Å². The molecular formula is C21H28N3O4+. The van der Waals surface area contributed by atoms with E-state index in [2.05, 4.69) is 15.4 Å². The van der Waals surface area contributed by atoms with Crippen LogP contribution in [0.25, 0.3) is 10.8 Å². The molecule has 2 atom stereocenters. The third-order valence-electron chi connectivity index (χ3n) is 4.51. The monoisotopic (exact) mass is 386 g/mol. The molecule has 2 aromatic carbocycles. The summed E-state index contributed by atoms with van der Waals surface area (Å²) in [6, 6.07) is 13.9. The third-order valence-corrected chi connectivity index (χ3v) is 4.51. The summed E-state index contributed by atoms with van der Waals surface area (Å²) in [5.74, 6) is -0.619. The van der Waals surface area contributed by atoms with E-state index in [1.807, 2.05) is 56.3 Å². The molecule has 0 heterocycles. The Hall–Kier alpha value is -2.93. The third kappa shape index (κ3) is 6.06. The Labute approximate surface area is 165 Å². The lowest BCUT2D eigenvalue weighted by Crippen LogP contribution is -3.14. The number of hydrogen-bond acceptors (Lipinski definition) is 4. The lowest BCUT2D eigenvalue weighted by Gasteiger charge is -2.20. The zero-order valence-corrected chi connectivity index (χ0v) is 16.6. The highest BCUT2D eigenvalue weighted by atomic mass is 16.5. The van der Waals surface area contributed by atoms with Gasteiger partial charge in [0.15, 0.2) is 13.1 Å². The quantitative estimate of drug-likeness (QED) is 0.636. The number of likely N-dealkylation sites (N-methyl/N-ethyl adjacent to an activating group) is 1. The lowest BCUT2D eigenvalue weighted by atomic mass is 10.00. The van der Waals surface area contributed by atoms with Crippen molar-refractivity contribution in [2.24, 2.45) is 0 Å². The molecule has 0 aromatic heterocycles. The Morgan fingerprint density at radius 2 is 1.68 bits per heavy atom. The topological polar surface area (TPSA) is 88.9 Å². The van der Waals surface area contributed by atoms with Gasteiger partial charge in [0.2, 0.25) is 0 Å². The summed E-state index contributed by atoms with van der Waals surface area (Å²) >= 11 is 0. The molecule has 0 aliphatic rings. The minimum atomic E-state index is -0.767. The Morgan fingerprint density at radius 1 is 1.00 bits per heavy atom. The Kier molecular flexibility index (Phi) is 7.95. The normalized spacial score (nSPS) is 12.8. The number of hydrogen-bond donors (Lipinski definition) is 3. The van der Waals surface area contributed by atoms with Crippen LogP contribution in [-0.2, 0) is 14.3 Å². The second-order valence-corrected chi connectivity index (χ2v) is 6.58. The van der Waals surface area contributed by atoms with Gasteiger partial charge < -0.3 is 15.0 Å². The maximum absolute atomic E-state index is 12.5. The highest BCUT2D eigenvalue weighted by Gasteiger charge is 2.20. The number of rotatable bonds is 8. The summed E-state index contributed by atoms with van der Waals surface area (Å²) in [6.45, 7) is 6.42. The molecule has 3 N–H and O–H groups in total. The van der Waals surface area contributed by atoms with Gasteiger partial charge in [-0.25, -0.2) is 4.79 Å². The fraction of sp³-hybridized carbons (Fsp3) is 0.381. The molecule has 0 saturated heterocycles. The fourth-order valence-corrected chi connectivity index (χ4v) is 3.09. The van der Waals surface area contributed by atoms with Crippen molar-refractivity contribution in [3.05, 3.63) is 48.0 Å². The predicted molar refractivity (Wildman–Crippen MR) is 107 cm³/mol. The summed E-state index contributed by atoms with van der Waals surface area (Å²) in [5.41, 5.74) is 1.05. The number of benzene rings is 2. The summed E-state index contributed by atoms with van der Waals surface area (Å²) < 4.78 is 4.69. The minimum absolute atomic E-state index is 0.0192. The zero-order valence-electron chi connectivity index (χ0n) is 16.6. The summed E-state index contributed by atoms with van der Waals surface area (Å²) in [6.07, 6.45) is -0.767. The van der Waals surface area contributed by atoms with Crippen LogP contribution in [0.1, 0.15) is 32.4 Å². The summed E-state index contributed by atoms with van der Waals surface area (Å²) in [5, 5.41) is 7.38. The lowest BCUT2D eigenvalue weighted by molar-refractivity contribution is -0.881. The van der Waals surface area contributed by atoms with Gasteiger partial charge in [0, 0.05) is 0 Å². The first kappa shape index (κ1) is 21.4. The molecule has 1 unspecified atom stereocenters. The van der Waals surface area contributed by atoms with Gasteiger partial charge in [-0.15, -0.1) is 0 Å². The summed E-state index contributed by atoms with van der Waals surface area (Å²) in [4.78, 5) is 36.5. The number of carbonyl (C=O) groups excluding carboxylic acids is 3. The Morgan fingerprint density at radius 3 is 2.39 bits per heavy atom. The largest absolute Gasteiger partial charge is 0.450 e. The molecule has 0 bridgehead atoms. The van der Waals surface area contributed by atoms with Crippen molar-refractivity contribution >= 4 is 28.7 Å². The SMILES string of the molecule is CCOC(=O)NC(=O)C[NH+](CC)CC(=O)N[C@@H](C)c1cccc2ccccc12. The van der Waals surface area contributed by atoms with Crippen LogP contribution in [-0.4, -0.2) is 44.1 Å². The van der Waals surface area contributed by atoms with Crippen LogP contribution in [0, 0.1) is 0 Å².